The number of hydrogen-bond donors (Lipinski definition) is 1. The maximum atomic E-state index is 9.94. The van der Waals surface area contributed by atoms with Crippen LogP contribution in [0.2, 0.25) is 0 Å². The van der Waals surface area contributed by atoms with Crippen LogP contribution in [0.1, 0.15) is 18.5 Å². The molecule has 20 heavy (non-hydrogen) atoms. The van der Waals surface area contributed by atoms with E-state index in [0.29, 0.717) is 0 Å². The molecule has 1 aliphatic rings. The van der Waals surface area contributed by atoms with Crippen LogP contribution in [0.4, 0.5) is 5.82 Å². The van der Waals surface area contributed by atoms with Crippen LogP contribution in [0.3, 0.4) is 0 Å². The van der Waals surface area contributed by atoms with Gasteiger partial charge in [-0.15, -0.1) is 6.58 Å². The lowest BCUT2D eigenvalue weighted by Gasteiger charge is -2.36. The van der Waals surface area contributed by atoms with Gasteiger partial charge in [0.1, 0.15) is 5.82 Å². The Morgan fingerprint density at radius 3 is 2.75 bits per heavy atom. The molecule has 1 fully saturated rings. The molecule has 2 rings (SSSR count). The number of aryl methyl sites for hydroxylation is 1. The lowest BCUT2D eigenvalue weighted by Crippen LogP contribution is -2.48. The van der Waals surface area contributed by atoms with Crippen molar-refractivity contribution in [2.75, 3.05) is 37.6 Å². The molecule has 2 heterocycles. The first kappa shape index (κ1) is 15.0. The maximum Gasteiger partial charge on any atom is 0.128 e. The summed E-state index contributed by atoms with van der Waals surface area (Å²) in [5.74, 6) is 1.07. The molecule has 1 atom stereocenters. The first-order valence-corrected chi connectivity index (χ1v) is 7.39. The molecule has 4 nitrogen and oxygen atoms in total. The van der Waals surface area contributed by atoms with E-state index in [-0.39, 0.29) is 6.10 Å². The van der Waals surface area contributed by atoms with E-state index in [1.807, 2.05) is 19.1 Å². The highest BCUT2D eigenvalue weighted by atomic mass is 16.3. The Kier molecular flexibility index (Phi) is 5.56. The number of piperazine rings is 1. The molecule has 0 radical (unpaired) electrons. The molecule has 1 aromatic heterocycles. The van der Waals surface area contributed by atoms with Gasteiger partial charge in [0.2, 0.25) is 0 Å². The number of rotatable bonds is 6. The Morgan fingerprint density at radius 1 is 1.35 bits per heavy atom. The number of nitrogens with zero attached hydrogens (tertiary/aromatic N) is 3. The molecule has 0 aromatic carbocycles. The van der Waals surface area contributed by atoms with Gasteiger partial charge in [0.15, 0.2) is 0 Å². The van der Waals surface area contributed by atoms with Gasteiger partial charge in [0, 0.05) is 38.4 Å². The van der Waals surface area contributed by atoms with Crippen molar-refractivity contribution >= 4 is 5.82 Å². The van der Waals surface area contributed by atoms with Crippen molar-refractivity contribution in [2.24, 2.45) is 0 Å². The zero-order valence-corrected chi connectivity index (χ0v) is 12.3. The van der Waals surface area contributed by atoms with Crippen LogP contribution < -0.4 is 4.90 Å². The third-order valence-electron chi connectivity index (χ3n) is 3.74. The molecular weight excluding hydrogens is 250 g/mol. The summed E-state index contributed by atoms with van der Waals surface area (Å²) in [6.45, 7) is 10.4. The standard InChI is InChI=1S/C16H25N3O/c1-3-4-7-15(20)13-18-9-11-19(12-10-18)16-8-5-6-14(2)17-16/h3,5-6,8,15,20H,1,4,7,9-13H2,2H3. The number of β-amino-alcohol motifs (C(OH)–C–C–N with tert-alkyl or cyclic N) is 1. The average Bonchev–Trinajstić information content (AvgIpc) is 2.46. The molecule has 1 N–H and O–H groups in total. The summed E-state index contributed by atoms with van der Waals surface area (Å²) < 4.78 is 0. The van der Waals surface area contributed by atoms with Gasteiger partial charge in [-0.05, 0) is 31.9 Å². The van der Waals surface area contributed by atoms with Gasteiger partial charge in [-0.3, -0.25) is 4.90 Å². The Labute approximate surface area is 121 Å². The number of allylic oxidation sites excluding steroid dienone is 1. The van der Waals surface area contributed by atoms with Crippen LogP contribution in [-0.2, 0) is 0 Å². The van der Waals surface area contributed by atoms with Crippen molar-refractivity contribution in [2.45, 2.75) is 25.9 Å². The number of hydrogen-bond acceptors (Lipinski definition) is 4. The Bertz CT molecular complexity index is 427. The molecule has 1 aromatic rings. The second-order valence-electron chi connectivity index (χ2n) is 5.44. The predicted molar refractivity (Wildman–Crippen MR) is 83.1 cm³/mol. The molecule has 0 amide bonds. The monoisotopic (exact) mass is 275 g/mol. The Morgan fingerprint density at radius 2 is 2.10 bits per heavy atom. The van der Waals surface area contributed by atoms with Crippen molar-refractivity contribution in [3.8, 4) is 0 Å². The fourth-order valence-corrected chi connectivity index (χ4v) is 2.56. The van der Waals surface area contributed by atoms with Crippen molar-refractivity contribution < 1.29 is 5.11 Å². The molecule has 4 heteroatoms. The smallest absolute Gasteiger partial charge is 0.128 e. The topological polar surface area (TPSA) is 39.6 Å². The summed E-state index contributed by atoms with van der Waals surface area (Å²) in [5, 5.41) is 9.94. The van der Waals surface area contributed by atoms with E-state index in [9.17, 15) is 5.11 Å². The van der Waals surface area contributed by atoms with Crippen LogP contribution in [0.25, 0.3) is 0 Å². The first-order valence-electron chi connectivity index (χ1n) is 7.39. The predicted octanol–water partition coefficient (Wildman–Crippen LogP) is 1.84. The van der Waals surface area contributed by atoms with E-state index in [4.69, 9.17) is 0 Å². The molecule has 0 spiro atoms. The largest absolute Gasteiger partial charge is 0.392 e. The Hall–Kier alpha value is -1.39. The van der Waals surface area contributed by atoms with E-state index in [2.05, 4.69) is 33.5 Å². The lowest BCUT2D eigenvalue weighted by molar-refractivity contribution is 0.103. The second kappa shape index (κ2) is 7.41. The molecule has 0 aliphatic carbocycles. The van der Waals surface area contributed by atoms with Crippen LogP contribution in [-0.4, -0.2) is 53.8 Å². The second-order valence-corrected chi connectivity index (χ2v) is 5.44. The minimum absolute atomic E-state index is 0.239. The van der Waals surface area contributed by atoms with Crippen molar-refractivity contribution in [1.29, 1.82) is 0 Å². The SMILES string of the molecule is C=CCCC(O)CN1CCN(c2cccc(C)n2)CC1. The number of pyridine rings is 1. The molecule has 0 saturated carbocycles. The fourth-order valence-electron chi connectivity index (χ4n) is 2.56. The molecule has 1 unspecified atom stereocenters. The highest BCUT2D eigenvalue weighted by Gasteiger charge is 2.19. The van der Waals surface area contributed by atoms with Crippen molar-refractivity contribution in [3.63, 3.8) is 0 Å². The highest BCUT2D eigenvalue weighted by molar-refractivity contribution is 5.39. The molecule has 1 saturated heterocycles. The summed E-state index contributed by atoms with van der Waals surface area (Å²) in [6.07, 6.45) is 3.32. The summed E-state index contributed by atoms with van der Waals surface area (Å²) in [7, 11) is 0. The average molecular weight is 275 g/mol. The summed E-state index contributed by atoms with van der Waals surface area (Å²) >= 11 is 0. The fraction of sp³-hybridized carbons (Fsp3) is 0.562. The molecule has 110 valence electrons. The van der Waals surface area contributed by atoms with Gasteiger partial charge >= 0.3 is 0 Å². The van der Waals surface area contributed by atoms with Gasteiger partial charge in [-0.1, -0.05) is 12.1 Å². The van der Waals surface area contributed by atoms with E-state index in [1.54, 1.807) is 0 Å². The number of anilines is 1. The lowest BCUT2D eigenvalue weighted by atomic mass is 10.1. The van der Waals surface area contributed by atoms with Gasteiger partial charge < -0.3 is 10.0 Å². The van der Waals surface area contributed by atoms with Crippen LogP contribution in [0.5, 0.6) is 0 Å². The zero-order chi connectivity index (χ0) is 14.4. The van der Waals surface area contributed by atoms with E-state index < -0.39 is 0 Å². The van der Waals surface area contributed by atoms with Crippen molar-refractivity contribution in [1.82, 2.24) is 9.88 Å². The van der Waals surface area contributed by atoms with Gasteiger partial charge in [-0.25, -0.2) is 4.98 Å². The van der Waals surface area contributed by atoms with E-state index >= 15 is 0 Å². The van der Waals surface area contributed by atoms with E-state index in [0.717, 1.165) is 57.1 Å². The van der Waals surface area contributed by atoms with Crippen molar-refractivity contribution in [3.05, 3.63) is 36.5 Å². The number of aliphatic hydroxyl groups excluding tert-OH is 1. The minimum Gasteiger partial charge on any atom is -0.392 e. The van der Waals surface area contributed by atoms with Crippen LogP contribution in [0, 0.1) is 6.92 Å². The third-order valence-corrected chi connectivity index (χ3v) is 3.74. The van der Waals surface area contributed by atoms with Crippen LogP contribution >= 0.6 is 0 Å². The third kappa shape index (κ3) is 4.32. The van der Waals surface area contributed by atoms with E-state index in [1.165, 1.54) is 0 Å². The van der Waals surface area contributed by atoms with Gasteiger partial charge in [-0.2, -0.15) is 0 Å². The van der Waals surface area contributed by atoms with Gasteiger partial charge in [0.05, 0.1) is 6.10 Å². The minimum atomic E-state index is -0.239. The number of aromatic nitrogens is 1. The zero-order valence-electron chi connectivity index (χ0n) is 12.3. The number of aliphatic hydroxyl groups is 1. The first-order chi connectivity index (χ1) is 9.69. The maximum absolute atomic E-state index is 9.94. The molecule has 0 bridgehead atoms. The Balaban J connectivity index is 1.79. The summed E-state index contributed by atoms with van der Waals surface area (Å²) in [4.78, 5) is 9.22. The normalized spacial score (nSPS) is 18.0. The van der Waals surface area contributed by atoms with Gasteiger partial charge in [0.25, 0.3) is 0 Å². The summed E-state index contributed by atoms with van der Waals surface area (Å²) in [6, 6.07) is 6.15. The summed E-state index contributed by atoms with van der Waals surface area (Å²) in [5.41, 5.74) is 1.06. The molecular formula is C16H25N3O. The quantitative estimate of drug-likeness (QED) is 0.804. The highest BCUT2D eigenvalue weighted by Crippen LogP contribution is 2.14. The van der Waals surface area contributed by atoms with Crippen LogP contribution in [0.15, 0.2) is 30.9 Å². The molecule has 1 aliphatic heterocycles.